The highest BCUT2D eigenvalue weighted by Gasteiger charge is 2.62. The lowest BCUT2D eigenvalue weighted by Gasteiger charge is -2.30. The number of carbonyl (C=O) groups is 2. The Morgan fingerprint density at radius 1 is 0.935 bits per heavy atom. The Bertz CT molecular complexity index is 1040. The zero-order valence-corrected chi connectivity index (χ0v) is 16.7. The van der Waals surface area contributed by atoms with Gasteiger partial charge in [0, 0.05) is 13.1 Å². The molecule has 2 aromatic rings. The predicted molar refractivity (Wildman–Crippen MR) is 105 cm³/mol. The van der Waals surface area contributed by atoms with Crippen molar-refractivity contribution in [1.82, 2.24) is 10.0 Å². The summed E-state index contributed by atoms with van der Waals surface area (Å²) in [6.45, 7) is 1.34. The minimum atomic E-state index is -4.56. The summed E-state index contributed by atoms with van der Waals surface area (Å²) < 4.78 is 44.8. The number of fused-ring (bicyclic) bond motifs is 3. The van der Waals surface area contributed by atoms with Crippen molar-refractivity contribution in [3.05, 3.63) is 59.7 Å². The number of imide groups is 1. The molecular weight excluding hydrogens is 411 g/mol. The third-order valence-electron chi connectivity index (χ3n) is 6.29. The quantitative estimate of drug-likeness (QED) is 0.699. The van der Waals surface area contributed by atoms with E-state index in [4.69, 9.17) is 4.74 Å². The van der Waals surface area contributed by atoms with Crippen molar-refractivity contribution in [2.24, 2.45) is 5.92 Å². The molecule has 3 heterocycles. The largest absolute Gasteiger partial charge is 0.497 e. The Hall–Kier alpha value is -2.91. The third kappa shape index (κ3) is 3.02. The number of anilines is 1. The molecule has 6 nitrogen and oxygen atoms in total. The smallest absolute Gasteiger partial charge is 0.416 e. The molecule has 0 spiro atoms. The van der Waals surface area contributed by atoms with E-state index < -0.39 is 35.5 Å². The number of hydrogen-bond acceptors (Lipinski definition) is 5. The van der Waals surface area contributed by atoms with Crippen molar-refractivity contribution >= 4 is 17.5 Å². The van der Waals surface area contributed by atoms with Gasteiger partial charge in [-0.05, 0) is 42.3 Å². The predicted octanol–water partition coefficient (Wildman–Crippen LogP) is 3.25. The lowest BCUT2D eigenvalue weighted by Crippen LogP contribution is -2.44. The molecule has 3 atom stereocenters. The van der Waals surface area contributed by atoms with Gasteiger partial charge in [-0.15, -0.1) is 0 Å². The molecule has 0 aromatic heterocycles. The van der Waals surface area contributed by atoms with Crippen LogP contribution < -0.4 is 9.64 Å². The molecule has 31 heavy (non-hydrogen) atoms. The van der Waals surface area contributed by atoms with Crippen molar-refractivity contribution in [2.75, 3.05) is 25.1 Å². The first-order chi connectivity index (χ1) is 14.8. The molecule has 3 fully saturated rings. The first kappa shape index (κ1) is 20.0. The van der Waals surface area contributed by atoms with Crippen molar-refractivity contribution in [1.29, 1.82) is 0 Å². The molecule has 0 unspecified atom stereocenters. The maximum Gasteiger partial charge on any atom is 0.416 e. The summed E-state index contributed by atoms with van der Waals surface area (Å²) in [5.41, 5.74) is -0.0668. The number of carbonyl (C=O) groups excluding carboxylic acids is 2. The van der Waals surface area contributed by atoms with E-state index in [0.717, 1.165) is 29.0 Å². The first-order valence-corrected chi connectivity index (χ1v) is 10.0. The van der Waals surface area contributed by atoms with Gasteiger partial charge in [-0.1, -0.05) is 18.2 Å². The lowest BCUT2D eigenvalue weighted by atomic mass is 9.90. The zero-order chi connectivity index (χ0) is 21.9. The standard InChI is InChI=1S/C22H20F3N3O3/c1-31-16-8-6-13(7-9-16)18-17-19(27-11-3-10-26(18)27)21(30)28(20(17)29)15-5-2-4-14(12-15)22(23,24)25/h2,4-9,12,17-19H,3,10-11H2,1H3/t17-,18+,19+/m1/s1. The first-order valence-electron chi connectivity index (χ1n) is 10.0. The van der Waals surface area contributed by atoms with Gasteiger partial charge in [-0.3, -0.25) is 9.59 Å². The van der Waals surface area contributed by atoms with Gasteiger partial charge in [0.15, 0.2) is 0 Å². The van der Waals surface area contributed by atoms with Crippen LogP contribution in [-0.4, -0.2) is 48.1 Å². The number of hydrazine groups is 1. The fourth-order valence-electron chi connectivity index (χ4n) is 4.99. The third-order valence-corrected chi connectivity index (χ3v) is 6.29. The summed E-state index contributed by atoms with van der Waals surface area (Å²) >= 11 is 0. The van der Waals surface area contributed by atoms with Gasteiger partial charge in [0.25, 0.3) is 5.91 Å². The summed E-state index contributed by atoms with van der Waals surface area (Å²) in [5, 5.41) is 3.96. The summed E-state index contributed by atoms with van der Waals surface area (Å²) in [7, 11) is 1.56. The Kier molecular flexibility index (Phi) is 4.56. The van der Waals surface area contributed by atoms with Gasteiger partial charge < -0.3 is 4.74 Å². The number of amides is 2. The number of alkyl halides is 3. The number of halogens is 3. The molecule has 2 aromatic carbocycles. The summed E-state index contributed by atoms with van der Waals surface area (Å²) in [4.78, 5) is 27.7. The molecule has 9 heteroatoms. The fourth-order valence-corrected chi connectivity index (χ4v) is 4.99. The average Bonchev–Trinajstić information content (AvgIpc) is 3.40. The van der Waals surface area contributed by atoms with E-state index in [1.807, 2.05) is 17.1 Å². The van der Waals surface area contributed by atoms with Gasteiger partial charge in [0.05, 0.1) is 30.3 Å². The normalized spacial score (nSPS) is 26.5. The van der Waals surface area contributed by atoms with Gasteiger partial charge in [-0.25, -0.2) is 14.9 Å². The van der Waals surface area contributed by atoms with Crippen LogP contribution in [-0.2, 0) is 15.8 Å². The maximum atomic E-state index is 13.4. The van der Waals surface area contributed by atoms with Crippen LogP contribution >= 0.6 is 0 Å². The fraction of sp³-hybridized carbons (Fsp3) is 0.364. The van der Waals surface area contributed by atoms with Crippen LogP contribution in [0.4, 0.5) is 18.9 Å². The number of benzene rings is 2. The van der Waals surface area contributed by atoms with E-state index in [0.29, 0.717) is 18.8 Å². The van der Waals surface area contributed by atoms with Gasteiger partial charge in [-0.2, -0.15) is 13.2 Å². The molecule has 5 rings (SSSR count). The van der Waals surface area contributed by atoms with Gasteiger partial charge in [0.2, 0.25) is 5.91 Å². The molecule has 0 saturated carbocycles. The Balaban J connectivity index is 1.55. The molecule has 0 bridgehead atoms. The highest BCUT2D eigenvalue weighted by atomic mass is 19.4. The zero-order valence-electron chi connectivity index (χ0n) is 16.7. The van der Waals surface area contributed by atoms with Crippen LogP contribution in [0.5, 0.6) is 5.75 Å². The van der Waals surface area contributed by atoms with Crippen LogP contribution in [0.2, 0.25) is 0 Å². The topological polar surface area (TPSA) is 53.1 Å². The van der Waals surface area contributed by atoms with Crippen LogP contribution in [0.25, 0.3) is 0 Å². The molecule has 3 aliphatic heterocycles. The number of hydrogen-bond donors (Lipinski definition) is 0. The Labute approximate surface area is 176 Å². The highest BCUT2D eigenvalue weighted by Crippen LogP contribution is 2.49. The lowest BCUT2D eigenvalue weighted by molar-refractivity contribution is -0.137. The minimum absolute atomic E-state index is 0.0431. The SMILES string of the molecule is COc1ccc([C@H]2[C@H]3C(=O)N(c4cccc(C(F)(F)F)c4)C(=O)[C@H]3N3CCCN23)cc1. The number of nitrogens with zero attached hydrogens (tertiary/aromatic N) is 3. The summed E-state index contributed by atoms with van der Waals surface area (Å²) in [5.74, 6) is -0.950. The van der Waals surface area contributed by atoms with Crippen molar-refractivity contribution in [2.45, 2.75) is 24.7 Å². The number of rotatable bonds is 3. The summed E-state index contributed by atoms with van der Waals surface area (Å²) in [6, 6.07) is 10.6. The molecule has 3 aliphatic rings. The van der Waals surface area contributed by atoms with Crippen LogP contribution in [0.3, 0.4) is 0 Å². The maximum absolute atomic E-state index is 13.4. The monoisotopic (exact) mass is 431 g/mol. The van der Waals surface area contributed by atoms with E-state index in [9.17, 15) is 22.8 Å². The summed E-state index contributed by atoms with van der Waals surface area (Å²) in [6.07, 6.45) is -3.71. The number of methoxy groups -OCH3 is 1. The van der Waals surface area contributed by atoms with E-state index >= 15 is 0 Å². The van der Waals surface area contributed by atoms with Gasteiger partial charge >= 0.3 is 6.18 Å². The van der Waals surface area contributed by atoms with Crippen molar-refractivity contribution in [3.63, 3.8) is 0 Å². The van der Waals surface area contributed by atoms with Crippen LogP contribution in [0.1, 0.15) is 23.6 Å². The molecule has 2 amide bonds. The average molecular weight is 431 g/mol. The molecule has 0 radical (unpaired) electrons. The van der Waals surface area contributed by atoms with E-state index in [2.05, 4.69) is 5.01 Å². The molecule has 0 aliphatic carbocycles. The van der Waals surface area contributed by atoms with Crippen LogP contribution in [0, 0.1) is 5.92 Å². The van der Waals surface area contributed by atoms with Crippen molar-refractivity contribution < 1.29 is 27.5 Å². The Morgan fingerprint density at radius 2 is 1.61 bits per heavy atom. The van der Waals surface area contributed by atoms with E-state index in [-0.39, 0.29) is 11.7 Å². The second-order valence-corrected chi connectivity index (χ2v) is 7.93. The molecular formula is C22H20F3N3O3. The highest BCUT2D eigenvalue weighted by molar-refractivity contribution is 6.24. The molecule has 3 saturated heterocycles. The van der Waals surface area contributed by atoms with E-state index in [1.165, 1.54) is 12.1 Å². The number of ether oxygens (including phenoxy) is 1. The molecule has 0 N–H and O–H groups in total. The second kappa shape index (κ2) is 7.06. The second-order valence-electron chi connectivity index (χ2n) is 7.93. The van der Waals surface area contributed by atoms with Crippen molar-refractivity contribution in [3.8, 4) is 5.75 Å². The molecule has 162 valence electrons. The van der Waals surface area contributed by atoms with E-state index in [1.54, 1.807) is 19.2 Å². The Morgan fingerprint density at radius 3 is 2.26 bits per heavy atom. The minimum Gasteiger partial charge on any atom is -0.497 e. The van der Waals surface area contributed by atoms with Gasteiger partial charge in [0.1, 0.15) is 11.8 Å². The van der Waals surface area contributed by atoms with Crippen LogP contribution in [0.15, 0.2) is 48.5 Å².